The lowest BCUT2D eigenvalue weighted by molar-refractivity contribution is -0.148. The Morgan fingerprint density at radius 2 is 2.00 bits per heavy atom. The fraction of sp³-hybridized carbons (Fsp3) is 0.400. The van der Waals surface area contributed by atoms with Crippen LogP contribution in [0.5, 0.6) is 0 Å². The first-order valence-corrected chi connectivity index (χ1v) is 6.74. The van der Waals surface area contributed by atoms with Gasteiger partial charge in [0.1, 0.15) is 0 Å². The predicted molar refractivity (Wildman–Crippen MR) is 72.4 cm³/mol. The highest BCUT2D eigenvalue weighted by Gasteiger charge is 2.35. The minimum Gasteiger partial charge on any atom is -0.394 e. The predicted octanol–water partition coefficient (Wildman–Crippen LogP) is 1.94. The third-order valence-electron chi connectivity index (χ3n) is 3.52. The molecule has 22 heavy (non-hydrogen) atoms. The third-order valence-corrected chi connectivity index (χ3v) is 3.52. The molecule has 1 aliphatic rings. The molecule has 1 saturated heterocycles. The number of hydrogen-bond donors (Lipinski definition) is 1. The van der Waals surface area contributed by atoms with E-state index < -0.39 is 29.5 Å². The molecule has 4 nitrogen and oxygen atoms in total. The van der Waals surface area contributed by atoms with Crippen molar-refractivity contribution in [3.8, 4) is 0 Å². The summed E-state index contributed by atoms with van der Waals surface area (Å²) in [7, 11) is 0. The maximum atomic E-state index is 13.4. The summed E-state index contributed by atoms with van der Waals surface area (Å²) < 4.78 is 45.2. The minimum absolute atomic E-state index is 0.00386. The largest absolute Gasteiger partial charge is 0.394 e. The molecule has 0 spiro atoms. The van der Waals surface area contributed by atoms with Crippen molar-refractivity contribution >= 4 is 5.91 Å². The van der Waals surface area contributed by atoms with Gasteiger partial charge in [-0.3, -0.25) is 4.79 Å². The summed E-state index contributed by atoms with van der Waals surface area (Å²) in [6.07, 6.45) is 1.41. The van der Waals surface area contributed by atoms with Crippen molar-refractivity contribution in [1.29, 1.82) is 0 Å². The van der Waals surface area contributed by atoms with Crippen LogP contribution in [0.4, 0.5) is 13.2 Å². The lowest BCUT2D eigenvalue weighted by atomic mass is 10.0. The maximum absolute atomic E-state index is 13.4. The van der Waals surface area contributed by atoms with E-state index in [1.807, 2.05) is 0 Å². The van der Waals surface area contributed by atoms with Gasteiger partial charge in [-0.25, -0.2) is 13.2 Å². The molecule has 1 aliphatic heterocycles. The van der Waals surface area contributed by atoms with Crippen molar-refractivity contribution in [2.75, 3.05) is 19.8 Å². The van der Waals surface area contributed by atoms with E-state index in [0.29, 0.717) is 0 Å². The van der Waals surface area contributed by atoms with Crippen molar-refractivity contribution in [1.82, 2.24) is 4.90 Å². The average molecular weight is 315 g/mol. The van der Waals surface area contributed by atoms with Crippen LogP contribution in [0.15, 0.2) is 24.8 Å². The van der Waals surface area contributed by atoms with Crippen molar-refractivity contribution < 1.29 is 27.8 Å². The Bertz CT molecular complexity index is 556. The number of benzene rings is 1. The SMILES string of the molecule is C=CCC(=O)N1[C@@H](CO)COC[C@H]1c1cc(F)c(F)c(F)c1. The van der Waals surface area contributed by atoms with Crippen molar-refractivity contribution in [2.45, 2.75) is 18.5 Å². The smallest absolute Gasteiger partial charge is 0.227 e. The molecule has 0 radical (unpaired) electrons. The molecule has 0 saturated carbocycles. The standard InChI is InChI=1S/C15H16F3NO3/c1-2-3-14(21)19-10(6-20)7-22-8-13(19)9-4-11(16)15(18)12(17)5-9/h2,4-5,10,13,20H,1,3,6-8H2/t10-,13-/m0/s1. The molecule has 0 aromatic heterocycles. The Hall–Kier alpha value is -1.86. The van der Waals surface area contributed by atoms with Crippen LogP contribution in [0.1, 0.15) is 18.0 Å². The van der Waals surface area contributed by atoms with Gasteiger partial charge in [0.15, 0.2) is 17.5 Å². The van der Waals surface area contributed by atoms with Gasteiger partial charge in [-0.2, -0.15) is 0 Å². The molecule has 2 atom stereocenters. The van der Waals surface area contributed by atoms with Crippen molar-refractivity contribution in [3.63, 3.8) is 0 Å². The van der Waals surface area contributed by atoms with Gasteiger partial charge in [0, 0.05) is 6.42 Å². The van der Waals surface area contributed by atoms with E-state index in [1.165, 1.54) is 11.0 Å². The number of carbonyl (C=O) groups excluding carboxylic acids is 1. The highest BCUT2D eigenvalue weighted by atomic mass is 19.2. The van der Waals surface area contributed by atoms with Gasteiger partial charge >= 0.3 is 0 Å². The summed E-state index contributed by atoms with van der Waals surface area (Å²) in [5, 5.41) is 9.39. The molecule has 7 heteroatoms. The number of carbonyl (C=O) groups is 1. The van der Waals surface area contributed by atoms with E-state index in [9.17, 15) is 23.1 Å². The quantitative estimate of drug-likeness (QED) is 0.682. The maximum Gasteiger partial charge on any atom is 0.227 e. The summed E-state index contributed by atoms with van der Waals surface area (Å²) in [6, 6.07) is 0.228. The lowest BCUT2D eigenvalue weighted by Gasteiger charge is -2.41. The third kappa shape index (κ3) is 3.15. The van der Waals surface area contributed by atoms with Gasteiger partial charge in [-0.15, -0.1) is 6.58 Å². The first-order valence-electron chi connectivity index (χ1n) is 6.74. The summed E-state index contributed by atoms with van der Waals surface area (Å²) in [5.74, 6) is -4.59. The van der Waals surface area contributed by atoms with Crippen LogP contribution < -0.4 is 0 Å². The summed E-state index contributed by atoms with van der Waals surface area (Å²) >= 11 is 0. The van der Waals surface area contributed by atoms with Crippen molar-refractivity contribution in [3.05, 3.63) is 47.8 Å². The zero-order valence-corrected chi connectivity index (χ0v) is 11.8. The fourth-order valence-electron chi connectivity index (χ4n) is 2.50. The van der Waals surface area contributed by atoms with Gasteiger partial charge < -0.3 is 14.7 Å². The Balaban J connectivity index is 2.41. The number of aliphatic hydroxyl groups excluding tert-OH is 1. The molecule has 0 unspecified atom stereocenters. The molecule has 0 bridgehead atoms. The molecule has 1 fully saturated rings. The summed E-state index contributed by atoms with van der Waals surface area (Å²) in [6.45, 7) is 3.23. The molecule has 2 rings (SSSR count). The topological polar surface area (TPSA) is 49.8 Å². The highest BCUT2D eigenvalue weighted by Crippen LogP contribution is 2.30. The van der Waals surface area contributed by atoms with E-state index >= 15 is 0 Å². The van der Waals surface area contributed by atoms with Crippen LogP contribution in [-0.4, -0.2) is 41.8 Å². The lowest BCUT2D eigenvalue weighted by Crippen LogP contribution is -2.52. The van der Waals surface area contributed by atoms with Crippen molar-refractivity contribution in [2.24, 2.45) is 0 Å². The second kappa shape index (κ2) is 6.93. The zero-order valence-electron chi connectivity index (χ0n) is 11.8. The normalized spacial score (nSPS) is 21.7. The fourth-order valence-corrected chi connectivity index (χ4v) is 2.50. The number of nitrogens with zero attached hydrogens (tertiary/aromatic N) is 1. The number of ether oxygens (including phenoxy) is 1. The van der Waals surface area contributed by atoms with Crippen LogP contribution in [0, 0.1) is 17.5 Å². The van der Waals surface area contributed by atoms with E-state index in [1.54, 1.807) is 0 Å². The summed E-state index contributed by atoms with van der Waals surface area (Å²) in [4.78, 5) is 13.5. The summed E-state index contributed by atoms with van der Waals surface area (Å²) in [5.41, 5.74) is 0.0759. The van der Waals surface area contributed by atoms with Crippen LogP contribution in [0.2, 0.25) is 0 Å². The molecular weight excluding hydrogens is 299 g/mol. The van der Waals surface area contributed by atoms with Crippen LogP contribution >= 0.6 is 0 Å². The Labute approximate surface area is 125 Å². The van der Waals surface area contributed by atoms with Gasteiger partial charge in [0.05, 0.1) is 31.9 Å². The Morgan fingerprint density at radius 1 is 1.36 bits per heavy atom. The van der Waals surface area contributed by atoms with E-state index in [0.717, 1.165) is 12.1 Å². The van der Waals surface area contributed by atoms with E-state index in [2.05, 4.69) is 6.58 Å². The number of hydrogen-bond acceptors (Lipinski definition) is 3. The van der Waals surface area contributed by atoms with Gasteiger partial charge in [0.2, 0.25) is 5.91 Å². The molecule has 1 N–H and O–H groups in total. The monoisotopic (exact) mass is 315 g/mol. The first kappa shape index (κ1) is 16.5. The molecule has 1 aromatic carbocycles. The zero-order chi connectivity index (χ0) is 16.3. The molecule has 120 valence electrons. The second-order valence-corrected chi connectivity index (χ2v) is 4.98. The highest BCUT2D eigenvalue weighted by molar-refractivity contribution is 5.78. The number of halogens is 3. The molecular formula is C15H16F3NO3. The molecule has 0 aliphatic carbocycles. The van der Waals surface area contributed by atoms with Gasteiger partial charge in [0.25, 0.3) is 0 Å². The average Bonchev–Trinajstić information content (AvgIpc) is 2.51. The van der Waals surface area contributed by atoms with Crippen LogP contribution in [0.3, 0.4) is 0 Å². The van der Waals surface area contributed by atoms with Gasteiger partial charge in [-0.1, -0.05) is 6.08 Å². The van der Waals surface area contributed by atoms with E-state index in [-0.39, 0.29) is 37.7 Å². The number of amides is 1. The minimum atomic E-state index is -1.57. The molecule has 1 aromatic rings. The van der Waals surface area contributed by atoms with Crippen LogP contribution in [0.25, 0.3) is 0 Å². The van der Waals surface area contributed by atoms with Crippen LogP contribution in [-0.2, 0) is 9.53 Å². The van der Waals surface area contributed by atoms with E-state index in [4.69, 9.17) is 4.74 Å². The molecule has 1 heterocycles. The Morgan fingerprint density at radius 3 is 2.55 bits per heavy atom. The van der Waals surface area contributed by atoms with Gasteiger partial charge in [-0.05, 0) is 17.7 Å². The number of rotatable bonds is 4. The molecule has 1 amide bonds. The number of morpholine rings is 1. The number of aliphatic hydroxyl groups is 1. The first-order chi connectivity index (χ1) is 10.5. The second-order valence-electron chi connectivity index (χ2n) is 4.98. The Kier molecular flexibility index (Phi) is 5.20.